The van der Waals surface area contributed by atoms with E-state index in [1.54, 1.807) is 6.33 Å². The summed E-state index contributed by atoms with van der Waals surface area (Å²) in [7, 11) is 2.09. The maximum atomic E-state index is 9.60. The summed E-state index contributed by atoms with van der Waals surface area (Å²) in [4.78, 5) is 14.0. The van der Waals surface area contributed by atoms with Crippen LogP contribution in [0.25, 0.3) is 10.2 Å². The highest BCUT2D eigenvalue weighted by Crippen LogP contribution is 2.40. The van der Waals surface area contributed by atoms with Crippen molar-refractivity contribution < 1.29 is 5.11 Å². The molecule has 0 radical (unpaired) electrons. The number of fused-ring (bicyclic) bond motifs is 3. The molecule has 4 nitrogen and oxygen atoms in total. The van der Waals surface area contributed by atoms with Crippen molar-refractivity contribution in [3.8, 4) is 0 Å². The van der Waals surface area contributed by atoms with Crippen LogP contribution >= 0.6 is 11.3 Å². The highest BCUT2D eigenvalue weighted by Gasteiger charge is 2.25. The topological polar surface area (TPSA) is 49.2 Å². The number of thiophene rings is 1. The smallest absolute Gasteiger partial charge is 0.141 e. The number of aromatic nitrogens is 2. The number of nitrogens with zero attached hydrogens (tertiary/aromatic N) is 3. The van der Waals surface area contributed by atoms with Gasteiger partial charge in [0.2, 0.25) is 0 Å². The average molecular weight is 353 g/mol. The van der Waals surface area contributed by atoms with E-state index in [4.69, 9.17) is 0 Å². The lowest BCUT2D eigenvalue weighted by molar-refractivity contribution is 0.274. The van der Waals surface area contributed by atoms with Gasteiger partial charge in [0.25, 0.3) is 0 Å². The van der Waals surface area contributed by atoms with E-state index >= 15 is 0 Å². The summed E-state index contributed by atoms with van der Waals surface area (Å²) < 4.78 is 0. The predicted octanol–water partition coefficient (Wildman–Crippen LogP) is 4.13. The number of benzene rings is 1. The Balaban J connectivity index is 1.81. The first-order valence-corrected chi connectivity index (χ1v) is 9.75. The third kappa shape index (κ3) is 3.02. The fourth-order valence-corrected chi connectivity index (χ4v) is 5.09. The summed E-state index contributed by atoms with van der Waals surface area (Å²) in [6.45, 7) is 0.153. The zero-order chi connectivity index (χ0) is 17.2. The van der Waals surface area contributed by atoms with E-state index in [0.717, 1.165) is 23.5 Å². The standard InChI is InChI=1S/C20H23N3OS/c1-23(16(11-12-24)14-7-3-2-4-8-14)19-18-15-9-5-6-10-17(15)25-20(18)22-13-21-19/h2-4,7-8,13,16,24H,5-6,9-12H2,1H3. The van der Waals surface area contributed by atoms with E-state index in [1.807, 2.05) is 17.4 Å². The van der Waals surface area contributed by atoms with Crippen molar-refractivity contribution in [2.24, 2.45) is 0 Å². The molecule has 1 unspecified atom stereocenters. The van der Waals surface area contributed by atoms with Gasteiger partial charge in [0.1, 0.15) is 17.0 Å². The number of aliphatic hydroxyl groups excluding tert-OH is 1. The van der Waals surface area contributed by atoms with Crippen LogP contribution in [0.4, 0.5) is 5.82 Å². The summed E-state index contributed by atoms with van der Waals surface area (Å²) in [5.41, 5.74) is 2.65. The van der Waals surface area contributed by atoms with E-state index in [-0.39, 0.29) is 12.6 Å². The Morgan fingerprint density at radius 3 is 2.76 bits per heavy atom. The molecule has 5 heteroatoms. The molecule has 3 aromatic rings. The molecule has 1 N–H and O–H groups in total. The average Bonchev–Trinajstić information content (AvgIpc) is 3.05. The van der Waals surface area contributed by atoms with Crippen molar-refractivity contribution >= 4 is 27.4 Å². The lowest BCUT2D eigenvalue weighted by atomic mass is 9.96. The van der Waals surface area contributed by atoms with Gasteiger partial charge in [-0.3, -0.25) is 0 Å². The lowest BCUT2D eigenvalue weighted by Gasteiger charge is -2.30. The van der Waals surface area contributed by atoms with Gasteiger partial charge in [-0.2, -0.15) is 0 Å². The second-order valence-electron chi connectivity index (χ2n) is 6.64. The number of hydrogen-bond donors (Lipinski definition) is 1. The van der Waals surface area contributed by atoms with E-state index in [9.17, 15) is 5.11 Å². The molecule has 1 aliphatic rings. The van der Waals surface area contributed by atoms with Gasteiger partial charge in [0.15, 0.2) is 0 Å². The van der Waals surface area contributed by atoms with Crippen LogP contribution in [-0.4, -0.2) is 28.7 Å². The second kappa shape index (κ2) is 7.10. The molecule has 1 aromatic carbocycles. The van der Waals surface area contributed by atoms with E-state index in [0.29, 0.717) is 6.42 Å². The molecule has 1 aliphatic carbocycles. The van der Waals surface area contributed by atoms with Crippen molar-refractivity contribution in [2.75, 3.05) is 18.6 Å². The zero-order valence-corrected chi connectivity index (χ0v) is 15.3. The van der Waals surface area contributed by atoms with Crippen molar-refractivity contribution in [1.29, 1.82) is 0 Å². The Kier molecular flexibility index (Phi) is 4.68. The van der Waals surface area contributed by atoms with Gasteiger partial charge in [0.05, 0.1) is 11.4 Å². The Morgan fingerprint density at radius 1 is 1.16 bits per heavy atom. The van der Waals surface area contributed by atoms with Gasteiger partial charge >= 0.3 is 0 Å². The first-order valence-electron chi connectivity index (χ1n) is 8.93. The highest BCUT2D eigenvalue weighted by atomic mass is 32.1. The van der Waals surface area contributed by atoms with E-state index in [2.05, 4.69) is 46.2 Å². The van der Waals surface area contributed by atoms with Gasteiger partial charge in [-0.1, -0.05) is 30.3 Å². The summed E-state index contributed by atoms with van der Waals surface area (Å²) in [6, 6.07) is 10.5. The lowest BCUT2D eigenvalue weighted by Crippen LogP contribution is -2.26. The molecule has 2 aromatic heterocycles. The van der Waals surface area contributed by atoms with Gasteiger partial charge < -0.3 is 10.0 Å². The third-order valence-corrected chi connectivity index (χ3v) is 6.32. The van der Waals surface area contributed by atoms with Crippen LogP contribution in [0.3, 0.4) is 0 Å². The number of anilines is 1. The molecule has 0 spiro atoms. The number of aliphatic hydroxyl groups is 1. The minimum absolute atomic E-state index is 0.100. The Labute approximate surface area is 152 Å². The van der Waals surface area contributed by atoms with Crippen molar-refractivity contribution in [2.45, 2.75) is 38.1 Å². The van der Waals surface area contributed by atoms with Crippen LogP contribution in [0.5, 0.6) is 0 Å². The third-order valence-electron chi connectivity index (χ3n) is 5.12. The van der Waals surface area contributed by atoms with Crippen molar-refractivity contribution in [3.05, 3.63) is 52.7 Å². The van der Waals surface area contributed by atoms with Gasteiger partial charge in [-0.05, 0) is 43.2 Å². The van der Waals surface area contributed by atoms with Crippen molar-refractivity contribution in [3.63, 3.8) is 0 Å². The first-order chi connectivity index (χ1) is 12.3. The molecule has 25 heavy (non-hydrogen) atoms. The van der Waals surface area contributed by atoms with E-state index < -0.39 is 0 Å². The molecule has 4 rings (SSSR count). The Morgan fingerprint density at radius 2 is 1.96 bits per heavy atom. The van der Waals surface area contributed by atoms with Crippen molar-refractivity contribution in [1.82, 2.24) is 9.97 Å². The quantitative estimate of drug-likeness (QED) is 0.749. The second-order valence-corrected chi connectivity index (χ2v) is 7.72. The molecule has 2 heterocycles. The summed E-state index contributed by atoms with van der Waals surface area (Å²) in [5.74, 6) is 0.992. The predicted molar refractivity (Wildman–Crippen MR) is 103 cm³/mol. The number of hydrogen-bond acceptors (Lipinski definition) is 5. The highest BCUT2D eigenvalue weighted by molar-refractivity contribution is 7.19. The fourth-order valence-electron chi connectivity index (χ4n) is 3.87. The maximum Gasteiger partial charge on any atom is 0.141 e. The van der Waals surface area contributed by atoms with Gasteiger partial charge in [-0.15, -0.1) is 11.3 Å². The summed E-state index contributed by atoms with van der Waals surface area (Å²) in [6.07, 6.45) is 7.17. The molecule has 0 saturated carbocycles. The maximum absolute atomic E-state index is 9.60. The summed E-state index contributed by atoms with van der Waals surface area (Å²) in [5, 5.41) is 10.8. The van der Waals surface area contributed by atoms with Crippen LogP contribution in [0.1, 0.15) is 41.3 Å². The van der Waals surface area contributed by atoms with Crippen LogP contribution in [0.2, 0.25) is 0 Å². The molecular weight excluding hydrogens is 330 g/mol. The molecule has 130 valence electrons. The molecule has 0 aliphatic heterocycles. The first kappa shape index (κ1) is 16.5. The SMILES string of the molecule is CN(c1ncnc2sc3c(c12)CCCC3)C(CCO)c1ccccc1. The molecule has 0 saturated heterocycles. The molecule has 0 amide bonds. The summed E-state index contributed by atoms with van der Waals surface area (Å²) >= 11 is 1.83. The molecule has 0 bridgehead atoms. The van der Waals surface area contributed by atoms with Crippen LogP contribution < -0.4 is 4.90 Å². The largest absolute Gasteiger partial charge is 0.396 e. The molecule has 1 atom stereocenters. The molecular formula is C20H23N3OS. The van der Waals surface area contributed by atoms with Gasteiger partial charge in [0, 0.05) is 18.5 Å². The van der Waals surface area contributed by atoms with Crippen LogP contribution in [-0.2, 0) is 12.8 Å². The Bertz CT molecular complexity index is 862. The Hall–Kier alpha value is -1.98. The number of aryl methyl sites for hydroxylation is 2. The monoisotopic (exact) mass is 353 g/mol. The fraction of sp³-hybridized carbons (Fsp3) is 0.400. The van der Waals surface area contributed by atoms with E-state index in [1.165, 1.54) is 34.2 Å². The zero-order valence-electron chi connectivity index (χ0n) is 14.5. The van der Waals surface area contributed by atoms with Crippen LogP contribution in [0.15, 0.2) is 36.7 Å². The van der Waals surface area contributed by atoms with Crippen LogP contribution in [0, 0.1) is 0 Å². The van der Waals surface area contributed by atoms with Gasteiger partial charge in [-0.25, -0.2) is 9.97 Å². The minimum atomic E-state index is 0.100. The minimum Gasteiger partial charge on any atom is -0.396 e. The molecule has 0 fully saturated rings. The number of rotatable bonds is 5. The normalized spacial score (nSPS) is 15.1.